The number of rotatable bonds is 5. The monoisotopic (exact) mass is 293 g/mol. The predicted octanol–water partition coefficient (Wildman–Crippen LogP) is 0.510. The smallest absolute Gasteiger partial charge is 0.292 e. The third-order valence-corrected chi connectivity index (χ3v) is 3.84. The first-order chi connectivity index (χ1) is 10.0. The van der Waals surface area contributed by atoms with Crippen LogP contribution in [0.1, 0.15) is 30.4 Å². The summed E-state index contributed by atoms with van der Waals surface area (Å²) in [6.07, 6.45) is 1.94. The Labute approximate surface area is 125 Å². The van der Waals surface area contributed by atoms with E-state index in [1.807, 2.05) is 6.08 Å². The van der Waals surface area contributed by atoms with Crippen molar-refractivity contribution in [2.75, 3.05) is 26.7 Å². The van der Waals surface area contributed by atoms with Crippen LogP contribution >= 0.6 is 0 Å². The average Bonchev–Trinajstić information content (AvgIpc) is 2.92. The van der Waals surface area contributed by atoms with Gasteiger partial charge in [0.2, 0.25) is 5.89 Å². The lowest BCUT2D eigenvalue weighted by Gasteiger charge is -2.43. The Bertz CT molecular complexity index is 501. The first kappa shape index (κ1) is 15.7. The van der Waals surface area contributed by atoms with Crippen molar-refractivity contribution in [1.29, 1.82) is 0 Å². The van der Waals surface area contributed by atoms with Crippen molar-refractivity contribution in [2.45, 2.75) is 32.5 Å². The lowest BCUT2D eigenvalue weighted by Crippen LogP contribution is -2.55. The minimum atomic E-state index is -0.331. The highest BCUT2D eigenvalue weighted by Crippen LogP contribution is 2.17. The summed E-state index contributed by atoms with van der Waals surface area (Å²) in [6, 6.07) is 0.831. The maximum atomic E-state index is 11.4. The molecule has 2 unspecified atom stereocenters. The van der Waals surface area contributed by atoms with Crippen LogP contribution in [0.15, 0.2) is 17.2 Å². The van der Waals surface area contributed by atoms with E-state index in [1.54, 1.807) is 7.05 Å². The Morgan fingerprint density at radius 2 is 2.10 bits per heavy atom. The minimum Gasteiger partial charge on any atom is -0.352 e. The normalized spacial score (nSPS) is 24.0. The lowest BCUT2D eigenvalue weighted by molar-refractivity contribution is 0.0386. The van der Waals surface area contributed by atoms with Gasteiger partial charge in [-0.25, -0.2) is 0 Å². The molecule has 0 aliphatic carbocycles. The molecule has 2 heterocycles. The summed E-state index contributed by atoms with van der Waals surface area (Å²) in [5.74, 6) is 0.227. The van der Waals surface area contributed by atoms with Crippen LogP contribution in [-0.2, 0) is 6.54 Å². The van der Waals surface area contributed by atoms with Crippen molar-refractivity contribution in [3.8, 4) is 0 Å². The summed E-state index contributed by atoms with van der Waals surface area (Å²) in [4.78, 5) is 20.3. The van der Waals surface area contributed by atoms with Gasteiger partial charge in [-0.1, -0.05) is 11.2 Å². The van der Waals surface area contributed by atoms with Gasteiger partial charge < -0.3 is 9.84 Å². The number of amides is 1. The molecule has 0 spiro atoms. The fourth-order valence-electron chi connectivity index (χ4n) is 2.61. The molecule has 1 aliphatic rings. The molecule has 0 saturated carbocycles. The summed E-state index contributed by atoms with van der Waals surface area (Å²) in [7, 11) is 1.54. The standard InChI is InChI=1S/C14H23N5O2/c1-5-6-18-7-11(3)19(8-10(18)2)9-12-16-13(17-21-12)14(20)15-4/h5,10-11H,1,6-9H2,2-4H3,(H,15,20). The van der Waals surface area contributed by atoms with Crippen LogP contribution < -0.4 is 5.32 Å². The van der Waals surface area contributed by atoms with Crippen LogP contribution in [0.5, 0.6) is 0 Å². The van der Waals surface area contributed by atoms with Gasteiger partial charge in [0.15, 0.2) is 0 Å². The molecule has 1 aliphatic heterocycles. The third kappa shape index (κ3) is 3.68. The molecule has 0 bridgehead atoms. The highest BCUT2D eigenvalue weighted by molar-refractivity contribution is 5.89. The van der Waals surface area contributed by atoms with Gasteiger partial charge >= 0.3 is 0 Å². The van der Waals surface area contributed by atoms with Crippen LogP contribution in [0.25, 0.3) is 0 Å². The Balaban J connectivity index is 1.98. The van der Waals surface area contributed by atoms with E-state index in [4.69, 9.17) is 4.52 Å². The van der Waals surface area contributed by atoms with E-state index in [2.05, 4.69) is 45.7 Å². The minimum absolute atomic E-state index is 0.0819. The molecular weight excluding hydrogens is 270 g/mol. The predicted molar refractivity (Wildman–Crippen MR) is 78.8 cm³/mol. The summed E-state index contributed by atoms with van der Waals surface area (Å²) in [5.41, 5.74) is 0. The van der Waals surface area contributed by atoms with Crippen molar-refractivity contribution < 1.29 is 9.32 Å². The van der Waals surface area contributed by atoms with Crippen LogP contribution in [-0.4, -0.2) is 64.6 Å². The topological polar surface area (TPSA) is 74.5 Å². The zero-order chi connectivity index (χ0) is 15.4. The van der Waals surface area contributed by atoms with E-state index >= 15 is 0 Å². The molecule has 2 atom stereocenters. The maximum absolute atomic E-state index is 11.4. The Morgan fingerprint density at radius 1 is 1.43 bits per heavy atom. The fourth-order valence-corrected chi connectivity index (χ4v) is 2.61. The number of hydrogen-bond acceptors (Lipinski definition) is 6. The third-order valence-electron chi connectivity index (χ3n) is 3.84. The Morgan fingerprint density at radius 3 is 2.76 bits per heavy atom. The van der Waals surface area contributed by atoms with Gasteiger partial charge in [-0.15, -0.1) is 6.58 Å². The van der Waals surface area contributed by atoms with Gasteiger partial charge in [-0.05, 0) is 13.8 Å². The summed E-state index contributed by atoms with van der Waals surface area (Å²) in [6.45, 7) is 11.6. The largest absolute Gasteiger partial charge is 0.352 e. The number of carbonyl (C=O) groups excluding carboxylic acids is 1. The summed E-state index contributed by atoms with van der Waals surface area (Å²) >= 11 is 0. The van der Waals surface area contributed by atoms with Crippen molar-refractivity contribution >= 4 is 5.91 Å². The highest BCUT2D eigenvalue weighted by atomic mass is 16.5. The van der Waals surface area contributed by atoms with E-state index < -0.39 is 0 Å². The molecule has 21 heavy (non-hydrogen) atoms. The number of nitrogens with one attached hydrogen (secondary N) is 1. The fraction of sp³-hybridized carbons (Fsp3) is 0.643. The molecule has 1 amide bonds. The molecule has 1 fully saturated rings. The van der Waals surface area contributed by atoms with Gasteiger partial charge in [-0.3, -0.25) is 14.6 Å². The number of carbonyl (C=O) groups is 1. The van der Waals surface area contributed by atoms with Crippen LogP contribution in [0.4, 0.5) is 0 Å². The van der Waals surface area contributed by atoms with Crippen molar-refractivity contribution in [3.63, 3.8) is 0 Å². The van der Waals surface area contributed by atoms with E-state index in [0.29, 0.717) is 24.5 Å². The summed E-state index contributed by atoms with van der Waals surface area (Å²) in [5, 5.41) is 6.17. The van der Waals surface area contributed by atoms with Crippen molar-refractivity contribution in [2.24, 2.45) is 0 Å². The SMILES string of the molecule is C=CCN1CC(C)N(Cc2nc(C(=O)NC)no2)CC1C. The number of piperazine rings is 1. The zero-order valence-corrected chi connectivity index (χ0v) is 12.9. The van der Waals surface area contributed by atoms with E-state index in [9.17, 15) is 4.79 Å². The molecule has 7 heteroatoms. The Hall–Kier alpha value is -1.73. The molecule has 0 radical (unpaired) electrons. The molecule has 7 nitrogen and oxygen atoms in total. The van der Waals surface area contributed by atoms with Crippen LogP contribution in [0.3, 0.4) is 0 Å². The molecule has 0 aromatic carbocycles. The average molecular weight is 293 g/mol. The van der Waals surface area contributed by atoms with Crippen LogP contribution in [0, 0.1) is 0 Å². The molecule has 1 N–H and O–H groups in total. The van der Waals surface area contributed by atoms with Crippen molar-refractivity contribution in [1.82, 2.24) is 25.3 Å². The van der Waals surface area contributed by atoms with Crippen molar-refractivity contribution in [3.05, 3.63) is 24.4 Å². The molecule has 1 saturated heterocycles. The van der Waals surface area contributed by atoms with E-state index in [1.165, 1.54) is 0 Å². The molecule has 1 aromatic heterocycles. The Kier molecular flexibility index (Phi) is 5.08. The second kappa shape index (κ2) is 6.82. The molecule has 116 valence electrons. The maximum Gasteiger partial charge on any atom is 0.292 e. The van der Waals surface area contributed by atoms with Gasteiger partial charge in [0, 0.05) is 38.8 Å². The van der Waals surface area contributed by atoms with Gasteiger partial charge in [0.25, 0.3) is 11.7 Å². The van der Waals surface area contributed by atoms with Gasteiger partial charge in [0.1, 0.15) is 0 Å². The van der Waals surface area contributed by atoms with Gasteiger partial charge in [-0.2, -0.15) is 4.98 Å². The second-order valence-electron chi connectivity index (χ2n) is 5.46. The number of hydrogen-bond donors (Lipinski definition) is 1. The van der Waals surface area contributed by atoms with Crippen LogP contribution in [0.2, 0.25) is 0 Å². The second-order valence-corrected chi connectivity index (χ2v) is 5.46. The van der Waals surface area contributed by atoms with E-state index in [-0.39, 0.29) is 11.7 Å². The summed E-state index contributed by atoms with van der Waals surface area (Å²) < 4.78 is 5.15. The lowest BCUT2D eigenvalue weighted by atomic mass is 10.1. The molecule has 1 aromatic rings. The number of aromatic nitrogens is 2. The molecular formula is C14H23N5O2. The first-order valence-corrected chi connectivity index (χ1v) is 7.18. The number of nitrogens with zero attached hydrogens (tertiary/aromatic N) is 4. The quantitative estimate of drug-likeness (QED) is 0.797. The van der Waals surface area contributed by atoms with E-state index in [0.717, 1.165) is 19.6 Å². The first-order valence-electron chi connectivity index (χ1n) is 7.18. The zero-order valence-electron chi connectivity index (χ0n) is 12.9. The highest BCUT2D eigenvalue weighted by Gasteiger charge is 2.29. The van der Waals surface area contributed by atoms with Gasteiger partial charge in [0.05, 0.1) is 6.54 Å². The molecule has 2 rings (SSSR count).